The van der Waals surface area contributed by atoms with Crippen molar-refractivity contribution in [3.63, 3.8) is 0 Å². The van der Waals surface area contributed by atoms with Gasteiger partial charge in [0.2, 0.25) is 0 Å². The Labute approximate surface area is 230 Å². The Morgan fingerprint density at radius 1 is 1.08 bits per heavy atom. The smallest absolute Gasteiger partial charge is 0.261 e. The number of nitrogens with one attached hydrogen (secondary N) is 1. The molecule has 1 aliphatic heterocycles. The van der Waals surface area contributed by atoms with Crippen LogP contribution < -0.4 is 14.2 Å². The van der Waals surface area contributed by atoms with Crippen molar-refractivity contribution in [3.8, 4) is 11.5 Å². The summed E-state index contributed by atoms with van der Waals surface area (Å²) in [4.78, 5) is 15.0. The van der Waals surface area contributed by atoms with E-state index in [1.54, 1.807) is 17.0 Å². The van der Waals surface area contributed by atoms with Crippen LogP contribution >= 0.6 is 27.5 Å². The molecule has 0 radical (unpaired) electrons. The number of hydrogen-bond acceptors (Lipinski definition) is 5. The van der Waals surface area contributed by atoms with Gasteiger partial charge in [-0.25, -0.2) is 8.42 Å². The van der Waals surface area contributed by atoms with E-state index in [9.17, 15) is 13.2 Å². The second-order valence-electron chi connectivity index (χ2n) is 8.72. The number of benzene rings is 3. The molecule has 0 aromatic heterocycles. The van der Waals surface area contributed by atoms with E-state index >= 15 is 0 Å². The molecule has 10 heteroatoms. The first-order chi connectivity index (χ1) is 17.7. The van der Waals surface area contributed by atoms with Crippen molar-refractivity contribution in [2.45, 2.75) is 37.7 Å². The molecule has 1 saturated heterocycles. The SMILES string of the molecule is CCOc1ccccc1OC1CCN(C(=O)c2cc(S(=O)(=O)Nc3cc(C)ccc3Br)ccc2Cl)CC1. The second kappa shape index (κ2) is 11.8. The van der Waals surface area contributed by atoms with Crippen molar-refractivity contribution in [2.24, 2.45) is 0 Å². The average Bonchev–Trinajstić information content (AvgIpc) is 2.87. The first kappa shape index (κ1) is 27.3. The zero-order valence-electron chi connectivity index (χ0n) is 20.5. The minimum absolute atomic E-state index is 0.0422. The van der Waals surface area contributed by atoms with Crippen molar-refractivity contribution >= 4 is 49.1 Å². The Balaban J connectivity index is 1.45. The summed E-state index contributed by atoms with van der Waals surface area (Å²) < 4.78 is 41.2. The van der Waals surface area contributed by atoms with Gasteiger partial charge in [-0.1, -0.05) is 29.8 Å². The molecule has 1 fully saturated rings. The van der Waals surface area contributed by atoms with Crippen LogP contribution in [0.15, 0.2) is 70.0 Å². The van der Waals surface area contributed by atoms with Gasteiger partial charge in [0.15, 0.2) is 11.5 Å². The summed E-state index contributed by atoms with van der Waals surface area (Å²) in [6, 6.07) is 17.1. The minimum atomic E-state index is -3.95. The fourth-order valence-corrected chi connectivity index (χ4v) is 5.88. The van der Waals surface area contributed by atoms with Gasteiger partial charge in [-0.3, -0.25) is 9.52 Å². The summed E-state index contributed by atoms with van der Waals surface area (Å²) in [6.45, 7) is 5.25. The van der Waals surface area contributed by atoms with E-state index in [4.69, 9.17) is 21.1 Å². The van der Waals surface area contributed by atoms with E-state index in [1.165, 1.54) is 18.2 Å². The molecule has 1 heterocycles. The fraction of sp³-hybridized carbons (Fsp3) is 0.296. The molecule has 3 aromatic carbocycles. The number of amides is 1. The number of para-hydroxylation sites is 2. The maximum atomic E-state index is 13.3. The number of sulfonamides is 1. The van der Waals surface area contributed by atoms with Gasteiger partial charge in [0, 0.05) is 30.4 Å². The Morgan fingerprint density at radius 3 is 2.49 bits per heavy atom. The van der Waals surface area contributed by atoms with Gasteiger partial charge in [-0.2, -0.15) is 0 Å². The van der Waals surface area contributed by atoms with Gasteiger partial charge in [-0.15, -0.1) is 0 Å². The number of hydrogen-bond donors (Lipinski definition) is 1. The molecule has 1 N–H and O–H groups in total. The highest BCUT2D eigenvalue weighted by Crippen LogP contribution is 2.31. The monoisotopic (exact) mass is 606 g/mol. The lowest BCUT2D eigenvalue weighted by Gasteiger charge is -2.32. The predicted octanol–water partition coefficient (Wildman–Crippen LogP) is 6.29. The van der Waals surface area contributed by atoms with E-state index in [0.717, 1.165) is 5.56 Å². The maximum absolute atomic E-state index is 13.3. The lowest BCUT2D eigenvalue weighted by Crippen LogP contribution is -2.42. The molecule has 7 nitrogen and oxygen atoms in total. The molecule has 0 atom stereocenters. The number of halogens is 2. The molecule has 0 aliphatic carbocycles. The Bertz CT molecular complexity index is 1390. The highest BCUT2D eigenvalue weighted by atomic mass is 79.9. The summed E-state index contributed by atoms with van der Waals surface area (Å²) in [7, 11) is -3.95. The van der Waals surface area contributed by atoms with Gasteiger partial charge in [0.1, 0.15) is 6.10 Å². The summed E-state index contributed by atoms with van der Waals surface area (Å²) >= 11 is 9.71. The van der Waals surface area contributed by atoms with Gasteiger partial charge in [0.05, 0.1) is 27.8 Å². The van der Waals surface area contributed by atoms with Crippen LogP contribution in [0.25, 0.3) is 0 Å². The van der Waals surface area contributed by atoms with Crippen molar-refractivity contribution in [1.82, 2.24) is 4.90 Å². The third-order valence-corrected chi connectivity index (χ3v) is 8.40. The molecule has 0 bridgehead atoms. The highest BCUT2D eigenvalue weighted by Gasteiger charge is 2.28. The lowest BCUT2D eigenvalue weighted by atomic mass is 10.1. The van der Waals surface area contributed by atoms with Crippen molar-refractivity contribution in [3.05, 3.63) is 81.3 Å². The zero-order valence-corrected chi connectivity index (χ0v) is 23.7. The van der Waals surface area contributed by atoms with E-state index < -0.39 is 10.0 Å². The number of carbonyl (C=O) groups excluding carboxylic acids is 1. The second-order valence-corrected chi connectivity index (χ2v) is 11.7. The van der Waals surface area contributed by atoms with E-state index in [0.29, 0.717) is 54.2 Å². The number of rotatable bonds is 8. The molecule has 196 valence electrons. The summed E-state index contributed by atoms with van der Waals surface area (Å²) in [6.07, 6.45) is 1.19. The normalized spacial score (nSPS) is 14.3. The summed E-state index contributed by atoms with van der Waals surface area (Å²) in [5, 5.41) is 0.199. The Hall–Kier alpha value is -2.75. The molecule has 4 rings (SSSR count). The van der Waals surface area contributed by atoms with Crippen LogP contribution in [0.3, 0.4) is 0 Å². The summed E-state index contributed by atoms with van der Waals surface area (Å²) in [5.74, 6) is 1.06. The topological polar surface area (TPSA) is 84.9 Å². The van der Waals surface area contributed by atoms with Gasteiger partial charge < -0.3 is 14.4 Å². The summed E-state index contributed by atoms with van der Waals surface area (Å²) in [5.41, 5.74) is 1.46. The number of aryl methyl sites for hydroxylation is 1. The Kier molecular flexibility index (Phi) is 8.67. The van der Waals surface area contributed by atoms with Gasteiger partial charge in [-0.05, 0) is 77.8 Å². The van der Waals surface area contributed by atoms with Crippen molar-refractivity contribution in [1.29, 1.82) is 0 Å². The van der Waals surface area contributed by atoms with Crippen LogP contribution in [-0.2, 0) is 10.0 Å². The predicted molar refractivity (Wildman–Crippen MR) is 148 cm³/mol. The third-order valence-electron chi connectivity index (χ3n) is 6.02. The van der Waals surface area contributed by atoms with Crippen molar-refractivity contribution in [2.75, 3.05) is 24.4 Å². The fourth-order valence-electron chi connectivity index (χ4n) is 4.11. The van der Waals surface area contributed by atoms with Crippen LogP contribution in [0.5, 0.6) is 11.5 Å². The standard InChI is InChI=1S/C27H28BrClN2O5S/c1-3-35-25-6-4-5-7-26(25)36-19-12-14-31(15-13-19)27(32)21-17-20(9-11-23(21)29)37(33,34)30-24-16-18(2)8-10-22(24)28/h4-11,16-17,19,30H,3,12-15H2,1-2H3. The maximum Gasteiger partial charge on any atom is 0.261 e. The van der Waals surface area contributed by atoms with Gasteiger partial charge >= 0.3 is 0 Å². The molecule has 37 heavy (non-hydrogen) atoms. The number of carbonyl (C=O) groups is 1. The number of nitrogens with zero attached hydrogens (tertiary/aromatic N) is 1. The van der Waals surface area contributed by atoms with Crippen LogP contribution in [-0.4, -0.2) is 45.0 Å². The number of piperidine rings is 1. The van der Waals surface area contributed by atoms with E-state index in [2.05, 4.69) is 20.7 Å². The molecule has 0 unspecified atom stereocenters. The van der Waals surface area contributed by atoms with E-state index in [1.807, 2.05) is 44.2 Å². The van der Waals surface area contributed by atoms with Crippen LogP contribution in [0.2, 0.25) is 5.02 Å². The largest absolute Gasteiger partial charge is 0.490 e. The molecular formula is C27H28BrClN2O5S. The van der Waals surface area contributed by atoms with Crippen LogP contribution in [0, 0.1) is 6.92 Å². The third kappa shape index (κ3) is 6.58. The lowest BCUT2D eigenvalue weighted by molar-refractivity contribution is 0.0589. The zero-order chi connectivity index (χ0) is 26.6. The van der Waals surface area contributed by atoms with E-state index in [-0.39, 0.29) is 27.5 Å². The quantitative estimate of drug-likeness (QED) is 0.325. The molecule has 0 saturated carbocycles. The Morgan fingerprint density at radius 2 is 1.78 bits per heavy atom. The molecule has 0 spiro atoms. The molecule has 1 aliphatic rings. The highest BCUT2D eigenvalue weighted by molar-refractivity contribution is 9.10. The first-order valence-corrected chi connectivity index (χ1v) is 14.6. The molecule has 3 aromatic rings. The van der Waals surface area contributed by atoms with Crippen molar-refractivity contribution < 1.29 is 22.7 Å². The van der Waals surface area contributed by atoms with Crippen LogP contribution in [0.4, 0.5) is 5.69 Å². The number of ether oxygens (including phenoxy) is 2. The average molecular weight is 608 g/mol. The molecule has 1 amide bonds. The molecular weight excluding hydrogens is 580 g/mol. The first-order valence-electron chi connectivity index (χ1n) is 11.9. The number of likely N-dealkylation sites (tertiary alicyclic amines) is 1. The van der Waals surface area contributed by atoms with Crippen LogP contribution in [0.1, 0.15) is 35.7 Å². The minimum Gasteiger partial charge on any atom is -0.490 e. The number of anilines is 1. The van der Waals surface area contributed by atoms with Gasteiger partial charge in [0.25, 0.3) is 15.9 Å².